The molecule has 7 heteroatoms. The first kappa shape index (κ1) is 16.4. The van der Waals surface area contributed by atoms with Crippen molar-refractivity contribution in [3.05, 3.63) is 24.2 Å². The van der Waals surface area contributed by atoms with E-state index < -0.39 is 0 Å². The van der Waals surface area contributed by atoms with Crippen LogP contribution in [0.1, 0.15) is 25.6 Å². The van der Waals surface area contributed by atoms with Gasteiger partial charge in [-0.3, -0.25) is 14.7 Å². The van der Waals surface area contributed by atoms with Crippen LogP contribution in [0.15, 0.2) is 27.8 Å². The van der Waals surface area contributed by atoms with E-state index >= 15 is 0 Å². The van der Waals surface area contributed by atoms with E-state index in [9.17, 15) is 4.79 Å². The van der Waals surface area contributed by atoms with Gasteiger partial charge in [-0.1, -0.05) is 18.7 Å². The molecule has 0 bridgehead atoms. The molecule has 2 atom stereocenters. The molecular formula is C16H24N4O2S. The molecule has 1 aromatic rings. The van der Waals surface area contributed by atoms with Gasteiger partial charge in [0.25, 0.3) is 0 Å². The molecule has 1 N–H and O–H groups in total. The molecule has 0 aromatic carbocycles. The van der Waals surface area contributed by atoms with Crippen LogP contribution in [0.5, 0.6) is 0 Å². The standard InChI is InChI=1S/C16H24N4O2S/c1-12-10-17-16(23-12)20-7-5-19(6-8-20)11-15(21)18-13(2)14-4-3-9-22-14/h3-4,9,12-13H,5-8,10-11H2,1-2H3,(H,18,21)/t12-,13+/m1/s1. The monoisotopic (exact) mass is 336 g/mol. The number of thioether (sulfide) groups is 1. The molecular weight excluding hydrogens is 312 g/mol. The molecule has 0 aliphatic carbocycles. The van der Waals surface area contributed by atoms with Crippen molar-refractivity contribution >= 4 is 22.8 Å². The summed E-state index contributed by atoms with van der Waals surface area (Å²) in [6.07, 6.45) is 1.63. The number of carbonyl (C=O) groups excluding carboxylic acids is 1. The van der Waals surface area contributed by atoms with Crippen molar-refractivity contribution < 1.29 is 9.21 Å². The molecule has 23 heavy (non-hydrogen) atoms. The quantitative estimate of drug-likeness (QED) is 0.904. The molecule has 1 amide bonds. The summed E-state index contributed by atoms with van der Waals surface area (Å²) < 4.78 is 5.32. The van der Waals surface area contributed by atoms with Crippen molar-refractivity contribution in [2.75, 3.05) is 39.3 Å². The van der Waals surface area contributed by atoms with Crippen LogP contribution in [0, 0.1) is 0 Å². The molecule has 0 spiro atoms. The normalized spacial score (nSPS) is 23.7. The van der Waals surface area contributed by atoms with E-state index in [1.807, 2.05) is 30.8 Å². The van der Waals surface area contributed by atoms with Crippen molar-refractivity contribution in [1.82, 2.24) is 15.1 Å². The Bertz CT molecular complexity index is 552. The van der Waals surface area contributed by atoms with Gasteiger partial charge in [0.15, 0.2) is 5.17 Å². The van der Waals surface area contributed by atoms with Crippen LogP contribution in [0.4, 0.5) is 0 Å². The lowest BCUT2D eigenvalue weighted by atomic mass is 10.2. The van der Waals surface area contributed by atoms with Crippen molar-refractivity contribution in [2.45, 2.75) is 25.1 Å². The SMILES string of the molecule is C[C@@H]1CN=C(N2CCN(CC(=O)N[C@@H](C)c3ccco3)CC2)S1. The van der Waals surface area contributed by atoms with Gasteiger partial charge in [-0.15, -0.1) is 0 Å². The van der Waals surface area contributed by atoms with Gasteiger partial charge in [-0.2, -0.15) is 0 Å². The van der Waals surface area contributed by atoms with Gasteiger partial charge >= 0.3 is 0 Å². The molecule has 0 radical (unpaired) electrons. The number of piperazine rings is 1. The van der Waals surface area contributed by atoms with E-state index in [4.69, 9.17) is 4.42 Å². The van der Waals surface area contributed by atoms with Crippen molar-refractivity contribution in [3.8, 4) is 0 Å². The highest BCUT2D eigenvalue weighted by atomic mass is 32.2. The van der Waals surface area contributed by atoms with E-state index in [0.717, 1.165) is 38.5 Å². The topological polar surface area (TPSA) is 61.1 Å². The van der Waals surface area contributed by atoms with Gasteiger partial charge in [0, 0.05) is 31.4 Å². The molecule has 2 aliphatic rings. The first-order valence-corrected chi connectivity index (χ1v) is 9.01. The fraction of sp³-hybridized carbons (Fsp3) is 0.625. The number of rotatable bonds is 4. The molecule has 126 valence electrons. The molecule has 1 fully saturated rings. The van der Waals surface area contributed by atoms with Crippen LogP contribution in [-0.2, 0) is 4.79 Å². The Morgan fingerprint density at radius 3 is 2.87 bits per heavy atom. The average molecular weight is 336 g/mol. The van der Waals surface area contributed by atoms with Crippen LogP contribution in [0.3, 0.4) is 0 Å². The Balaban J connectivity index is 1.41. The number of amidine groups is 1. The zero-order chi connectivity index (χ0) is 16.2. The van der Waals surface area contributed by atoms with E-state index in [1.165, 1.54) is 5.17 Å². The number of nitrogens with zero attached hydrogens (tertiary/aromatic N) is 3. The fourth-order valence-electron chi connectivity index (χ4n) is 2.83. The second kappa shape index (κ2) is 7.40. The molecule has 1 saturated heterocycles. The highest BCUT2D eigenvalue weighted by Crippen LogP contribution is 2.23. The van der Waals surface area contributed by atoms with Gasteiger partial charge in [-0.05, 0) is 19.1 Å². The summed E-state index contributed by atoms with van der Waals surface area (Å²) in [5.74, 6) is 0.831. The third-order valence-electron chi connectivity index (χ3n) is 4.15. The summed E-state index contributed by atoms with van der Waals surface area (Å²) >= 11 is 1.86. The van der Waals surface area contributed by atoms with Gasteiger partial charge in [0.05, 0.1) is 25.4 Å². The number of nitrogens with one attached hydrogen (secondary N) is 1. The predicted molar refractivity (Wildman–Crippen MR) is 92.6 cm³/mol. The van der Waals surface area contributed by atoms with E-state index in [2.05, 4.69) is 27.0 Å². The Hall–Kier alpha value is -1.47. The zero-order valence-electron chi connectivity index (χ0n) is 13.7. The van der Waals surface area contributed by atoms with Gasteiger partial charge in [0.2, 0.25) is 5.91 Å². The van der Waals surface area contributed by atoms with Crippen molar-refractivity contribution in [1.29, 1.82) is 0 Å². The van der Waals surface area contributed by atoms with Crippen molar-refractivity contribution in [2.24, 2.45) is 4.99 Å². The molecule has 3 rings (SSSR count). The fourth-order valence-corrected chi connectivity index (χ4v) is 3.82. The number of amides is 1. The maximum atomic E-state index is 12.2. The average Bonchev–Trinajstić information content (AvgIpc) is 3.19. The summed E-state index contributed by atoms with van der Waals surface area (Å²) in [7, 11) is 0. The number of aliphatic imine (C=N–C) groups is 1. The number of furan rings is 1. The van der Waals surface area contributed by atoms with Crippen LogP contribution in [-0.4, -0.2) is 65.4 Å². The predicted octanol–water partition coefficient (Wildman–Crippen LogP) is 1.57. The van der Waals surface area contributed by atoms with Crippen LogP contribution in [0.2, 0.25) is 0 Å². The third-order valence-corrected chi connectivity index (χ3v) is 5.30. The van der Waals surface area contributed by atoms with Crippen LogP contribution in [0.25, 0.3) is 0 Å². The lowest BCUT2D eigenvalue weighted by molar-refractivity contribution is -0.123. The summed E-state index contributed by atoms with van der Waals surface area (Å²) in [6, 6.07) is 3.62. The summed E-state index contributed by atoms with van der Waals surface area (Å²) in [5, 5.41) is 4.75. The largest absolute Gasteiger partial charge is 0.467 e. The smallest absolute Gasteiger partial charge is 0.234 e. The minimum Gasteiger partial charge on any atom is -0.467 e. The number of hydrogen-bond donors (Lipinski definition) is 1. The maximum Gasteiger partial charge on any atom is 0.234 e. The van der Waals surface area contributed by atoms with E-state index in [0.29, 0.717) is 11.8 Å². The minimum absolute atomic E-state index is 0.0450. The molecule has 2 aliphatic heterocycles. The summed E-state index contributed by atoms with van der Waals surface area (Å²) in [5.41, 5.74) is 0. The maximum absolute atomic E-state index is 12.2. The summed E-state index contributed by atoms with van der Waals surface area (Å²) in [4.78, 5) is 21.3. The van der Waals surface area contributed by atoms with Gasteiger partial charge in [-0.25, -0.2) is 0 Å². The second-order valence-corrected chi connectivity index (χ2v) is 7.53. The Labute approximate surface area is 141 Å². The van der Waals surface area contributed by atoms with E-state index in [-0.39, 0.29) is 11.9 Å². The zero-order valence-corrected chi connectivity index (χ0v) is 14.5. The summed E-state index contributed by atoms with van der Waals surface area (Å²) in [6.45, 7) is 9.20. The molecule has 6 nitrogen and oxygen atoms in total. The first-order valence-electron chi connectivity index (χ1n) is 8.13. The van der Waals surface area contributed by atoms with Crippen LogP contribution >= 0.6 is 11.8 Å². The van der Waals surface area contributed by atoms with Gasteiger partial charge in [0.1, 0.15) is 5.76 Å². The first-order chi connectivity index (χ1) is 11.1. The molecule has 1 aromatic heterocycles. The number of carbonyl (C=O) groups is 1. The highest BCUT2D eigenvalue weighted by molar-refractivity contribution is 8.14. The Morgan fingerprint density at radius 1 is 1.48 bits per heavy atom. The molecule has 3 heterocycles. The lowest BCUT2D eigenvalue weighted by Crippen LogP contribution is -2.50. The highest BCUT2D eigenvalue weighted by Gasteiger charge is 2.25. The molecule has 0 unspecified atom stereocenters. The lowest BCUT2D eigenvalue weighted by Gasteiger charge is -2.35. The van der Waals surface area contributed by atoms with Gasteiger partial charge < -0.3 is 14.6 Å². The van der Waals surface area contributed by atoms with Crippen molar-refractivity contribution in [3.63, 3.8) is 0 Å². The van der Waals surface area contributed by atoms with E-state index in [1.54, 1.807) is 6.26 Å². The second-order valence-electron chi connectivity index (χ2n) is 6.12. The third kappa shape index (κ3) is 4.29. The van der Waals surface area contributed by atoms with Crippen LogP contribution < -0.4 is 5.32 Å². The minimum atomic E-state index is -0.0930. The number of hydrogen-bond acceptors (Lipinski definition) is 6. The Kier molecular flexibility index (Phi) is 5.27. The molecule has 0 saturated carbocycles. The Morgan fingerprint density at radius 2 is 2.26 bits per heavy atom.